The normalized spacial score (nSPS) is 52.9. The molecule has 0 aromatic rings. The predicted octanol–water partition coefficient (Wildman–Crippen LogP) is 0.0828. The highest BCUT2D eigenvalue weighted by molar-refractivity contribution is 14.1. The van der Waals surface area contributed by atoms with E-state index in [2.05, 4.69) is 33.2 Å². The molecular weight excluding hydrogens is 215 g/mol. The largest absolute Gasteiger partial charge is 0.310 e. The fourth-order valence-corrected chi connectivity index (χ4v) is 2.40. The molecule has 2 N–H and O–H groups in total. The first-order valence-electron chi connectivity index (χ1n) is 2.96. The van der Waals surface area contributed by atoms with Crippen molar-refractivity contribution < 1.29 is 0 Å². The molecule has 8 heavy (non-hydrogen) atoms. The van der Waals surface area contributed by atoms with Crippen molar-refractivity contribution in [2.24, 2.45) is 0 Å². The Morgan fingerprint density at radius 3 is 2.62 bits per heavy atom. The van der Waals surface area contributed by atoms with Gasteiger partial charge in [0, 0.05) is 19.1 Å². The van der Waals surface area contributed by atoms with Crippen molar-refractivity contribution >= 4 is 22.6 Å². The molecule has 46 valence electrons. The van der Waals surface area contributed by atoms with Crippen LogP contribution in [0.2, 0.25) is 0 Å². The van der Waals surface area contributed by atoms with Gasteiger partial charge >= 0.3 is 0 Å². The van der Waals surface area contributed by atoms with Gasteiger partial charge in [-0.15, -0.1) is 0 Å². The van der Waals surface area contributed by atoms with E-state index < -0.39 is 0 Å². The Morgan fingerprint density at radius 1 is 1.62 bits per heavy atom. The van der Waals surface area contributed by atoms with Crippen LogP contribution in [0, 0.1) is 0 Å². The molecule has 2 fully saturated rings. The van der Waals surface area contributed by atoms with E-state index in [9.17, 15) is 0 Å². The van der Waals surface area contributed by atoms with E-state index in [0.29, 0.717) is 3.55 Å². The Kier molecular flexibility index (Phi) is 1.07. The van der Waals surface area contributed by atoms with Crippen LogP contribution in [-0.2, 0) is 0 Å². The van der Waals surface area contributed by atoms with Gasteiger partial charge in [0.1, 0.15) is 0 Å². The fraction of sp³-hybridized carbons (Fsp3) is 1.00. The van der Waals surface area contributed by atoms with Crippen LogP contribution in [0.1, 0.15) is 6.42 Å². The number of hydrogen-bond donors (Lipinski definition) is 2. The van der Waals surface area contributed by atoms with Crippen LogP contribution in [0.4, 0.5) is 0 Å². The van der Waals surface area contributed by atoms with Crippen molar-refractivity contribution in [2.45, 2.75) is 16.0 Å². The molecule has 2 atom stereocenters. The van der Waals surface area contributed by atoms with Crippen LogP contribution in [0.3, 0.4) is 0 Å². The lowest BCUT2D eigenvalue weighted by molar-refractivity contribution is 0.516. The summed E-state index contributed by atoms with van der Waals surface area (Å²) < 4.78 is 0.419. The van der Waals surface area contributed by atoms with Gasteiger partial charge in [-0.3, -0.25) is 0 Å². The lowest BCUT2D eigenvalue weighted by Gasteiger charge is -2.19. The summed E-state index contributed by atoms with van der Waals surface area (Å²) in [6.07, 6.45) is 1.31. The zero-order valence-electron chi connectivity index (χ0n) is 4.58. The number of rotatable bonds is 0. The molecule has 2 aliphatic rings. The van der Waals surface area contributed by atoms with Gasteiger partial charge in [-0.2, -0.15) is 0 Å². The third-order valence-electron chi connectivity index (χ3n) is 1.91. The topological polar surface area (TPSA) is 24.1 Å². The summed E-state index contributed by atoms with van der Waals surface area (Å²) in [4.78, 5) is 0. The summed E-state index contributed by atoms with van der Waals surface area (Å²) in [7, 11) is 0. The molecule has 0 unspecified atom stereocenters. The van der Waals surface area contributed by atoms with E-state index in [1.807, 2.05) is 0 Å². The summed E-state index contributed by atoms with van der Waals surface area (Å²) in [6, 6.07) is 0.770. The minimum Gasteiger partial charge on any atom is -0.310 e. The lowest BCUT2D eigenvalue weighted by Crippen LogP contribution is -2.45. The third kappa shape index (κ3) is 0.681. The Hall–Kier alpha value is 0.650. The van der Waals surface area contributed by atoms with Gasteiger partial charge in [0.25, 0.3) is 0 Å². The molecular formula is C5H9IN2. The van der Waals surface area contributed by atoms with E-state index in [0.717, 1.165) is 12.6 Å². The second-order valence-corrected chi connectivity index (χ2v) is 4.69. The molecule has 0 aromatic heterocycles. The number of hydrogen-bond acceptors (Lipinski definition) is 2. The minimum absolute atomic E-state index is 0.419. The van der Waals surface area contributed by atoms with Gasteiger partial charge in [-0.05, 0) is 6.42 Å². The van der Waals surface area contributed by atoms with Gasteiger partial charge < -0.3 is 10.6 Å². The van der Waals surface area contributed by atoms with E-state index >= 15 is 0 Å². The Bertz CT molecular complexity index is 107. The Balaban J connectivity index is 2.19. The van der Waals surface area contributed by atoms with Crippen molar-refractivity contribution in [2.75, 3.05) is 13.1 Å². The second-order valence-electron chi connectivity index (χ2n) is 2.63. The number of nitrogens with one attached hydrogen (secondary N) is 2. The smallest absolute Gasteiger partial charge is 0.0847 e. The number of halogens is 1. The quantitative estimate of drug-likeness (QED) is 0.346. The first kappa shape index (κ1) is 5.44. The second kappa shape index (κ2) is 1.58. The molecule has 2 heterocycles. The average molecular weight is 224 g/mol. The minimum atomic E-state index is 0.419. The fourth-order valence-electron chi connectivity index (χ4n) is 1.43. The summed E-state index contributed by atoms with van der Waals surface area (Å²) in [5.74, 6) is 0. The molecule has 3 heteroatoms. The zero-order chi connectivity index (χ0) is 5.61. The van der Waals surface area contributed by atoms with Gasteiger partial charge in [0.05, 0.1) is 3.55 Å². The summed E-state index contributed by atoms with van der Waals surface area (Å²) in [5, 5.41) is 6.88. The van der Waals surface area contributed by atoms with E-state index in [-0.39, 0.29) is 0 Å². The first-order valence-corrected chi connectivity index (χ1v) is 4.04. The molecule has 0 saturated carbocycles. The van der Waals surface area contributed by atoms with Gasteiger partial charge in [-0.25, -0.2) is 0 Å². The van der Waals surface area contributed by atoms with E-state index in [1.54, 1.807) is 0 Å². The maximum atomic E-state index is 3.46. The summed E-state index contributed by atoms with van der Waals surface area (Å²) >= 11 is 2.50. The van der Waals surface area contributed by atoms with Crippen molar-refractivity contribution in [3.63, 3.8) is 0 Å². The molecule has 0 aliphatic carbocycles. The van der Waals surface area contributed by atoms with Crippen LogP contribution in [0.15, 0.2) is 0 Å². The van der Waals surface area contributed by atoms with E-state index in [1.165, 1.54) is 13.0 Å². The zero-order valence-corrected chi connectivity index (χ0v) is 6.73. The van der Waals surface area contributed by atoms with Crippen LogP contribution < -0.4 is 10.6 Å². The third-order valence-corrected chi connectivity index (χ3v) is 3.11. The molecule has 0 aromatic carbocycles. The number of fused-ring (bicyclic) bond motifs is 2. The first-order chi connectivity index (χ1) is 3.79. The molecule has 2 bridgehead atoms. The number of piperazine rings is 1. The van der Waals surface area contributed by atoms with Crippen molar-refractivity contribution in [1.29, 1.82) is 0 Å². The van der Waals surface area contributed by atoms with Crippen LogP contribution in [0.5, 0.6) is 0 Å². The molecule has 2 aliphatic heterocycles. The lowest BCUT2D eigenvalue weighted by atomic mass is 10.2. The van der Waals surface area contributed by atoms with Crippen molar-refractivity contribution in [1.82, 2.24) is 10.6 Å². The summed E-state index contributed by atoms with van der Waals surface area (Å²) in [6.45, 7) is 2.32. The number of alkyl halides is 1. The molecule has 2 nitrogen and oxygen atoms in total. The highest BCUT2D eigenvalue weighted by Crippen LogP contribution is 2.31. The molecule has 2 rings (SSSR count). The Labute approximate surface area is 62.5 Å². The van der Waals surface area contributed by atoms with Gasteiger partial charge in [-0.1, -0.05) is 22.6 Å². The highest BCUT2D eigenvalue weighted by Gasteiger charge is 2.41. The predicted molar refractivity (Wildman–Crippen MR) is 41.2 cm³/mol. The molecule has 0 amide bonds. The molecule has 0 spiro atoms. The standard InChI is InChI=1S/C5H9IN2/c6-5-1-4(2-8-5)7-3-5/h4,7-8H,1-3H2/t4-,5-/m1/s1. The maximum Gasteiger partial charge on any atom is 0.0847 e. The van der Waals surface area contributed by atoms with Crippen LogP contribution in [-0.4, -0.2) is 22.7 Å². The average Bonchev–Trinajstić information content (AvgIpc) is 2.21. The van der Waals surface area contributed by atoms with Crippen LogP contribution >= 0.6 is 22.6 Å². The monoisotopic (exact) mass is 224 g/mol. The van der Waals surface area contributed by atoms with Gasteiger partial charge in [0.15, 0.2) is 0 Å². The molecule has 0 radical (unpaired) electrons. The van der Waals surface area contributed by atoms with E-state index in [4.69, 9.17) is 0 Å². The van der Waals surface area contributed by atoms with Crippen molar-refractivity contribution in [3.05, 3.63) is 0 Å². The Morgan fingerprint density at radius 2 is 2.50 bits per heavy atom. The summed E-state index contributed by atoms with van der Waals surface area (Å²) in [5.41, 5.74) is 0. The van der Waals surface area contributed by atoms with Crippen molar-refractivity contribution in [3.8, 4) is 0 Å². The highest BCUT2D eigenvalue weighted by atomic mass is 127. The maximum absolute atomic E-state index is 3.46. The van der Waals surface area contributed by atoms with Gasteiger partial charge in [0.2, 0.25) is 0 Å². The van der Waals surface area contributed by atoms with Crippen LogP contribution in [0.25, 0.3) is 0 Å². The molecule has 2 saturated heterocycles. The SMILES string of the molecule is I[C@@]12CN[C@@H](CN1)C2.